The largest absolute Gasteiger partial charge is 0.233 e. The van der Waals surface area contributed by atoms with Crippen LogP contribution in [0, 0.1) is 0 Å². The average Bonchev–Trinajstić information content (AvgIpc) is 3.85. The first-order valence-electron chi connectivity index (χ1n) is 14.4. The predicted octanol–water partition coefficient (Wildman–Crippen LogP) is 12.6. The lowest BCUT2D eigenvalue weighted by Crippen LogP contribution is -1.79. The third kappa shape index (κ3) is 3.75. The number of fused-ring (bicyclic) bond motifs is 8. The van der Waals surface area contributed by atoms with Crippen LogP contribution < -0.4 is 0 Å². The van der Waals surface area contributed by atoms with Gasteiger partial charge in [-0.25, -0.2) is 9.97 Å². The average molecular weight is 633 g/mol. The van der Waals surface area contributed by atoms with Crippen LogP contribution in [-0.2, 0) is 0 Å². The minimum absolute atomic E-state index is 0.978. The number of hydrogen-bond acceptors (Lipinski definition) is 6. The summed E-state index contributed by atoms with van der Waals surface area (Å²) in [6.07, 6.45) is 0. The van der Waals surface area contributed by atoms with Crippen molar-refractivity contribution < 1.29 is 0 Å². The number of rotatable bonds is 3. The summed E-state index contributed by atoms with van der Waals surface area (Å²) in [5.74, 6) is 0. The molecule has 4 aromatic heterocycles. The second-order valence-electron chi connectivity index (χ2n) is 11.0. The SMILES string of the molecule is c1ccc2c(c1)sc1c(-c3ccc4sc(-c5nc6cc(-c7cccc8c7sc7ccccc78)ccc6s5)nc4c3)cccc12. The number of aromatic nitrogens is 2. The van der Waals surface area contributed by atoms with Gasteiger partial charge in [-0.05, 0) is 58.7 Å². The van der Waals surface area contributed by atoms with Crippen molar-refractivity contribution in [2.75, 3.05) is 0 Å². The second kappa shape index (κ2) is 9.52. The van der Waals surface area contributed by atoms with Gasteiger partial charge in [-0.15, -0.1) is 45.3 Å². The Bertz CT molecular complexity index is 2550. The van der Waals surface area contributed by atoms with Crippen molar-refractivity contribution in [1.82, 2.24) is 9.97 Å². The van der Waals surface area contributed by atoms with Gasteiger partial charge in [-0.3, -0.25) is 0 Å². The van der Waals surface area contributed by atoms with E-state index in [0.29, 0.717) is 0 Å². The van der Waals surface area contributed by atoms with E-state index in [9.17, 15) is 0 Å². The number of thiophene rings is 2. The Labute approximate surface area is 268 Å². The van der Waals surface area contributed by atoms with Gasteiger partial charge in [0.25, 0.3) is 0 Å². The molecule has 10 rings (SSSR count). The molecule has 0 spiro atoms. The number of nitrogens with zero attached hydrogens (tertiary/aromatic N) is 2. The van der Waals surface area contributed by atoms with Crippen molar-refractivity contribution in [2.24, 2.45) is 0 Å². The van der Waals surface area contributed by atoms with Crippen LogP contribution in [0.2, 0.25) is 0 Å². The normalized spacial score (nSPS) is 12.1. The molecule has 10 aromatic rings. The highest BCUT2D eigenvalue weighted by atomic mass is 32.1. The quantitative estimate of drug-likeness (QED) is 0.194. The highest BCUT2D eigenvalue weighted by molar-refractivity contribution is 7.28. The monoisotopic (exact) mass is 632 g/mol. The summed E-state index contributed by atoms with van der Waals surface area (Å²) in [4.78, 5) is 10.2. The van der Waals surface area contributed by atoms with Gasteiger partial charge in [0.15, 0.2) is 10.0 Å². The van der Waals surface area contributed by atoms with Gasteiger partial charge in [0.05, 0.1) is 20.4 Å². The lowest BCUT2D eigenvalue weighted by Gasteiger charge is -2.03. The zero-order valence-electron chi connectivity index (χ0n) is 23.1. The molecule has 0 amide bonds. The Morgan fingerprint density at radius 2 is 0.818 bits per heavy atom. The predicted molar refractivity (Wildman–Crippen MR) is 195 cm³/mol. The molecule has 0 fully saturated rings. The maximum Gasteiger partial charge on any atom is 0.153 e. The Morgan fingerprint density at radius 1 is 0.364 bits per heavy atom. The standard InChI is InChI=1S/C38H20N2S4/c1-3-13-31-25(7-1)27-11-5-9-23(35(27)41-31)21-15-17-33-29(19-21)39-37(43-33)38-40-30-20-22(16-18-34(30)44-38)24-10-6-12-28-26-8-2-4-14-32(26)42-36(24)28/h1-20H. The van der Waals surface area contributed by atoms with Crippen LogP contribution in [0.25, 0.3) is 93.0 Å². The van der Waals surface area contributed by atoms with Crippen molar-refractivity contribution in [3.05, 3.63) is 121 Å². The molecule has 206 valence electrons. The summed E-state index contributed by atoms with van der Waals surface area (Å²) in [6.45, 7) is 0. The number of thiazole rings is 2. The highest BCUT2D eigenvalue weighted by Gasteiger charge is 2.16. The van der Waals surface area contributed by atoms with E-state index in [1.807, 2.05) is 22.7 Å². The van der Waals surface area contributed by atoms with Gasteiger partial charge < -0.3 is 0 Å². The molecule has 0 saturated heterocycles. The van der Waals surface area contributed by atoms with Gasteiger partial charge in [-0.1, -0.05) is 84.9 Å². The van der Waals surface area contributed by atoms with Gasteiger partial charge >= 0.3 is 0 Å². The smallest absolute Gasteiger partial charge is 0.153 e. The van der Waals surface area contributed by atoms with E-state index < -0.39 is 0 Å². The third-order valence-electron chi connectivity index (χ3n) is 8.39. The molecular weight excluding hydrogens is 613 g/mol. The van der Waals surface area contributed by atoms with Crippen LogP contribution in [0.15, 0.2) is 121 Å². The van der Waals surface area contributed by atoms with Crippen molar-refractivity contribution in [1.29, 1.82) is 0 Å². The first kappa shape index (κ1) is 24.9. The van der Waals surface area contributed by atoms with E-state index in [1.165, 1.54) is 72.0 Å². The van der Waals surface area contributed by atoms with E-state index >= 15 is 0 Å². The third-order valence-corrected chi connectivity index (χ3v) is 13.0. The van der Waals surface area contributed by atoms with Gasteiger partial charge in [0.2, 0.25) is 0 Å². The summed E-state index contributed by atoms with van der Waals surface area (Å²) in [6, 6.07) is 44.0. The lowest BCUT2D eigenvalue weighted by atomic mass is 10.0. The maximum atomic E-state index is 5.10. The van der Waals surface area contributed by atoms with Crippen LogP contribution in [0.1, 0.15) is 0 Å². The Morgan fingerprint density at radius 3 is 1.32 bits per heavy atom. The summed E-state index contributed by atoms with van der Waals surface area (Å²) in [5, 5.41) is 7.24. The van der Waals surface area contributed by atoms with Crippen LogP contribution >= 0.6 is 45.3 Å². The van der Waals surface area contributed by atoms with Gasteiger partial charge in [0, 0.05) is 40.3 Å². The topological polar surface area (TPSA) is 25.8 Å². The molecule has 0 N–H and O–H groups in total. The number of hydrogen-bond donors (Lipinski definition) is 0. The molecule has 0 aliphatic heterocycles. The van der Waals surface area contributed by atoms with Crippen LogP contribution in [0.5, 0.6) is 0 Å². The summed E-state index contributed by atoms with van der Waals surface area (Å²) in [5.41, 5.74) is 6.99. The van der Waals surface area contributed by atoms with E-state index in [1.54, 1.807) is 22.7 Å². The minimum Gasteiger partial charge on any atom is -0.233 e. The first-order valence-corrected chi connectivity index (χ1v) is 17.7. The Hall–Kier alpha value is -4.46. The molecule has 0 aliphatic rings. The highest BCUT2D eigenvalue weighted by Crippen LogP contribution is 2.43. The molecule has 0 bridgehead atoms. The van der Waals surface area contributed by atoms with Gasteiger partial charge in [-0.2, -0.15) is 0 Å². The fraction of sp³-hybridized carbons (Fsp3) is 0. The van der Waals surface area contributed by atoms with E-state index in [2.05, 4.69) is 121 Å². The Balaban J connectivity index is 1.05. The van der Waals surface area contributed by atoms with E-state index in [0.717, 1.165) is 21.0 Å². The molecule has 0 radical (unpaired) electrons. The van der Waals surface area contributed by atoms with E-state index in [4.69, 9.17) is 9.97 Å². The molecule has 6 heteroatoms. The number of benzene rings is 6. The minimum atomic E-state index is 0.978. The molecule has 2 nitrogen and oxygen atoms in total. The molecule has 6 aromatic carbocycles. The molecule has 44 heavy (non-hydrogen) atoms. The van der Waals surface area contributed by atoms with Gasteiger partial charge in [0.1, 0.15) is 0 Å². The van der Waals surface area contributed by atoms with Crippen LogP contribution in [0.4, 0.5) is 0 Å². The first-order chi connectivity index (χ1) is 21.8. The fourth-order valence-corrected chi connectivity index (χ4v) is 10.7. The molecule has 0 aliphatic carbocycles. The summed E-state index contributed by atoms with van der Waals surface area (Å²) < 4.78 is 7.68. The summed E-state index contributed by atoms with van der Waals surface area (Å²) in [7, 11) is 0. The van der Waals surface area contributed by atoms with Crippen molar-refractivity contribution >= 4 is 106 Å². The molecule has 4 heterocycles. The zero-order valence-corrected chi connectivity index (χ0v) is 26.3. The zero-order chi connectivity index (χ0) is 28.8. The Kier molecular flexibility index (Phi) is 5.39. The molecule has 0 saturated carbocycles. The summed E-state index contributed by atoms with van der Waals surface area (Å²) >= 11 is 7.18. The van der Waals surface area contributed by atoms with Crippen molar-refractivity contribution in [3.8, 4) is 32.3 Å². The molecule has 0 unspecified atom stereocenters. The van der Waals surface area contributed by atoms with E-state index in [-0.39, 0.29) is 0 Å². The van der Waals surface area contributed by atoms with Crippen molar-refractivity contribution in [2.45, 2.75) is 0 Å². The van der Waals surface area contributed by atoms with Crippen LogP contribution in [-0.4, -0.2) is 9.97 Å². The molecule has 0 atom stereocenters. The van der Waals surface area contributed by atoms with Crippen molar-refractivity contribution in [3.63, 3.8) is 0 Å². The van der Waals surface area contributed by atoms with Crippen LogP contribution in [0.3, 0.4) is 0 Å². The fourth-order valence-electron chi connectivity index (χ4n) is 6.32. The lowest BCUT2D eigenvalue weighted by molar-refractivity contribution is 1.42. The molecular formula is C38H20N2S4. The second-order valence-corrected chi connectivity index (χ2v) is 15.1. The maximum absolute atomic E-state index is 5.10.